The Morgan fingerprint density at radius 2 is 2.15 bits per heavy atom. The molecule has 1 aliphatic heterocycles. The van der Waals surface area contributed by atoms with Crippen LogP contribution in [0.25, 0.3) is 0 Å². The van der Waals surface area contributed by atoms with Crippen molar-refractivity contribution in [2.24, 2.45) is 0 Å². The molecule has 0 radical (unpaired) electrons. The van der Waals surface area contributed by atoms with E-state index < -0.39 is 5.60 Å². The van der Waals surface area contributed by atoms with Gasteiger partial charge in [-0.1, -0.05) is 17.7 Å². The third kappa shape index (κ3) is 2.70. The standard InChI is InChI=1S/C17H25NO2/c1-12-4-7-16(20-3)14(8-12)10-17(19)9-13(2)18(11-17)15-5-6-15/h4,7-8,13,15,19H,5-6,9-11H2,1-3H3. The van der Waals surface area contributed by atoms with E-state index >= 15 is 0 Å². The highest BCUT2D eigenvalue weighted by atomic mass is 16.5. The first-order valence-corrected chi connectivity index (χ1v) is 7.62. The van der Waals surface area contributed by atoms with Gasteiger partial charge in [0.2, 0.25) is 0 Å². The molecule has 1 aromatic carbocycles. The maximum Gasteiger partial charge on any atom is 0.122 e. The molecule has 2 aliphatic rings. The molecule has 0 aromatic heterocycles. The van der Waals surface area contributed by atoms with E-state index in [1.165, 1.54) is 18.4 Å². The van der Waals surface area contributed by atoms with Gasteiger partial charge in [0, 0.05) is 25.0 Å². The Morgan fingerprint density at radius 1 is 1.40 bits per heavy atom. The van der Waals surface area contributed by atoms with E-state index in [9.17, 15) is 5.11 Å². The number of rotatable bonds is 4. The molecule has 2 fully saturated rings. The maximum atomic E-state index is 11.0. The van der Waals surface area contributed by atoms with Gasteiger partial charge < -0.3 is 9.84 Å². The number of aryl methyl sites for hydroxylation is 1. The van der Waals surface area contributed by atoms with Crippen LogP contribution in [0.5, 0.6) is 5.75 Å². The number of methoxy groups -OCH3 is 1. The summed E-state index contributed by atoms with van der Waals surface area (Å²) in [6.07, 6.45) is 4.15. The van der Waals surface area contributed by atoms with Crippen molar-refractivity contribution in [1.29, 1.82) is 0 Å². The van der Waals surface area contributed by atoms with Crippen molar-refractivity contribution in [1.82, 2.24) is 4.90 Å². The van der Waals surface area contributed by atoms with Crippen LogP contribution in [0.2, 0.25) is 0 Å². The molecule has 0 amide bonds. The fourth-order valence-electron chi connectivity index (χ4n) is 3.65. The summed E-state index contributed by atoms with van der Waals surface area (Å²) in [4.78, 5) is 2.49. The van der Waals surface area contributed by atoms with Crippen LogP contribution in [0.3, 0.4) is 0 Å². The lowest BCUT2D eigenvalue weighted by molar-refractivity contribution is 0.0481. The summed E-state index contributed by atoms with van der Waals surface area (Å²) >= 11 is 0. The zero-order chi connectivity index (χ0) is 14.3. The number of aliphatic hydroxyl groups is 1. The number of β-amino-alcohol motifs (C(OH)–C–C–N with tert-alkyl or cyclic N) is 1. The summed E-state index contributed by atoms with van der Waals surface area (Å²) in [5.74, 6) is 0.890. The van der Waals surface area contributed by atoms with Gasteiger partial charge in [-0.05, 0) is 44.7 Å². The lowest BCUT2D eigenvalue weighted by Crippen LogP contribution is -2.36. The third-order valence-electron chi connectivity index (χ3n) is 4.69. The van der Waals surface area contributed by atoms with Crippen LogP contribution in [-0.4, -0.2) is 41.3 Å². The van der Waals surface area contributed by atoms with Gasteiger partial charge in [-0.2, -0.15) is 0 Å². The molecule has 3 nitrogen and oxygen atoms in total. The Morgan fingerprint density at radius 3 is 2.80 bits per heavy atom. The summed E-state index contributed by atoms with van der Waals surface area (Å²) < 4.78 is 5.44. The van der Waals surface area contributed by atoms with Gasteiger partial charge in [0.1, 0.15) is 5.75 Å². The van der Waals surface area contributed by atoms with Crippen LogP contribution in [0.15, 0.2) is 18.2 Å². The molecule has 1 N–H and O–H groups in total. The molecule has 1 saturated heterocycles. The van der Waals surface area contributed by atoms with Crippen LogP contribution in [0, 0.1) is 6.92 Å². The van der Waals surface area contributed by atoms with Crippen molar-refractivity contribution in [3.8, 4) is 5.75 Å². The SMILES string of the molecule is COc1ccc(C)cc1CC1(O)CC(C)N(C2CC2)C1. The average Bonchev–Trinajstić information content (AvgIpc) is 3.16. The van der Waals surface area contributed by atoms with Crippen molar-refractivity contribution in [3.05, 3.63) is 29.3 Å². The van der Waals surface area contributed by atoms with E-state index in [2.05, 4.69) is 30.9 Å². The minimum Gasteiger partial charge on any atom is -0.496 e. The smallest absolute Gasteiger partial charge is 0.122 e. The highest BCUT2D eigenvalue weighted by molar-refractivity contribution is 5.38. The summed E-state index contributed by atoms with van der Waals surface area (Å²) in [6, 6.07) is 7.41. The Hall–Kier alpha value is -1.06. The summed E-state index contributed by atoms with van der Waals surface area (Å²) in [7, 11) is 1.70. The van der Waals surface area contributed by atoms with Gasteiger partial charge in [-0.25, -0.2) is 0 Å². The predicted molar refractivity (Wildman–Crippen MR) is 80.2 cm³/mol. The predicted octanol–water partition coefficient (Wildman–Crippen LogP) is 2.53. The van der Waals surface area contributed by atoms with E-state index in [4.69, 9.17) is 4.74 Å². The number of likely N-dealkylation sites (tertiary alicyclic amines) is 1. The lowest BCUT2D eigenvalue weighted by Gasteiger charge is -2.24. The zero-order valence-electron chi connectivity index (χ0n) is 12.7. The molecule has 3 heteroatoms. The molecular formula is C17H25NO2. The highest BCUT2D eigenvalue weighted by Gasteiger charge is 2.46. The van der Waals surface area contributed by atoms with Crippen molar-refractivity contribution >= 4 is 0 Å². The van der Waals surface area contributed by atoms with E-state index in [0.717, 1.165) is 30.3 Å². The second-order valence-corrected chi connectivity index (χ2v) is 6.67. The second kappa shape index (κ2) is 5.05. The van der Waals surface area contributed by atoms with E-state index in [1.807, 2.05) is 6.07 Å². The molecule has 0 bridgehead atoms. The summed E-state index contributed by atoms with van der Waals surface area (Å²) in [5, 5.41) is 11.0. The molecule has 1 saturated carbocycles. The monoisotopic (exact) mass is 275 g/mol. The van der Waals surface area contributed by atoms with E-state index in [1.54, 1.807) is 7.11 Å². The van der Waals surface area contributed by atoms with Gasteiger partial charge in [0.15, 0.2) is 0 Å². The molecule has 3 rings (SSSR count). The van der Waals surface area contributed by atoms with Crippen LogP contribution in [-0.2, 0) is 6.42 Å². The zero-order valence-corrected chi connectivity index (χ0v) is 12.7. The number of nitrogens with zero attached hydrogens (tertiary/aromatic N) is 1. The number of ether oxygens (including phenoxy) is 1. The van der Waals surface area contributed by atoms with Crippen LogP contribution >= 0.6 is 0 Å². The van der Waals surface area contributed by atoms with Gasteiger partial charge in [-0.3, -0.25) is 4.90 Å². The van der Waals surface area contributed by atoms with Gasteiger partial charge >= 0.3 is 0 Å². The molecule has 20 heavy (non-hydrogen) atoms. The summed E-state index contributed by atoms with van der Waals surface area (Å²) in [5.41, 5.74) is 1.73. The molecule has 0 spiro atoms. The van der Waals surface area contributed by atoms with Crippen molar-refractivity contribution in [2.45, 2.75) is 57.2 Å². The third-order valence-corrected chi connectivity index (χ3v) is 4.69. The largest absolute Gasteiger partial charge is 0.496 e. The van der Waals surface area contributed by atoms with Crippen LogP contribution in [0.1, 0.15) is 37.3 Å². The molecule has 1 aliphatic carbocycles. The van der Waals surface area contributed by atoms with E-state index in [-0.39, 0.29) is 0 Å². The molecule has 2 unspecified atom stereocenters. The Kier molecular flexibility index (Phi) is 3.51. The second-order valence-electron chi connectivity index (χ2n) is 6.67. The number of hydrogen-bond acceptors (Lipinski definition) is 3. The minimum absolute atomic E-state index is 0.489. The Labute approximate surface area is 121 Å². The van der Waals surface area contributed by atoms with Crippen LogP contribution < -0.4 is 4.74 Å². The number of benzene rings is 1. The van der Waals surface area contributed by atoms with Gasteiger partial charge in [0.05, 0.1) is 12.7 Å². The fourth-order valence-corrected chi connectivity index (χ4v) is 3.65. The van der Waals surface area contributed by atoms with Gasteiger partial charge in [0.25, 0.3) is 0 Å². The Bertz CT molecular complexity index is 498. The molecule has 2 atom stereocenters. The fraction of sp³-hybridized carbons (Fsp3) is 0.647. The molecule has 1 aromatic rings. The lowest BCUT2D eigenvalue weighted by atomic mass is 9.91. The minimum atomic E-state index is -0.608. The highest BCUT2D eigenvalue weighted by Crippen LogP contribution is 2.39. The molecular weight excluding hydrogens is 250 g/mol. The first kappa shape index (κ1) is 13.9. The molecule has 1 heterocycles. The van der Waals surface area contributed by atoms with Crippen molar-refractivity contribution in [2.75, 3.05) is 13.7 Å². The first-order chi connectivity index (χ1) is 9.50. The van der Waals surface area contributed by atoms with Crippen molar-refractivity contribution < 1.29 is 9.84 Å². The summed E-state index contributed by atoms with van der Waals surface area (Å²) in [6.45, 7) is 5.13. The number of hydrogen-bond donors (Lipinski definition) is 1. The Balaban J connectivity index is 1.78. The topological polar surface area (TPSA) is 32.7 Å². The van der Waals surface area contributed by atoms with Crippen LogP contribution in [0.4, 0.5) is 0 Å². The quantitative estimate of drug-likeness (QED) is 0.916. The van der Waals surface area contributed by atoms with E-state index in [0.29, 0.717) is 12.5 Å². The maximum absolute atomic E-state index is 11.0. The first-order valence-electron chi connectivity index (χ1n) is 7.62. The average molecular weight is 275 g/mol. The molecule has 110 valence electrons. The normalized spacial score (nSPS) is 30.7. The van der Waals surface area contributed by atoms with Crippen molar-refractivity contribution in [3.63, 3.8) is 0 Å². The van der Waals surface area contributed by atoms with Gasteiger partial charge in [-0.15, -0.1) is 0 Å².